The number of hydrogen-bond acceptors (Lipinski definition) is 3. The molecule has 1 aromatic rings. The molecule has 1 saturated heterocycles. The molecule has 6 heteroatoms. The Bertz CT molecular complexity index is 574. The standard InChI is InChI=1S/C18H28N4O2/c1-13(2)10-20-18(24)22-8-4-5-15(12-22)9-17(23)21-16-11-19-7-6-14(16)3/h6-7,11,13,15H,4-5,8-10,12H2,1-3H3,(H,20,24)(H,21,23). The molecule has 1 aliphatic rings. The van der Waals surface area contributed by atoms with Gasteiger partial charge in [-0.2, -0.15) is 0 Å². The number of nitrogens with one attached hydrogen (secondary N) is 2. The lowest BCUT2D eigenvalue weighted by Crippen LogP contribution is -2.46. The van der Waals surface area contributed by atoms with Crippen molar-refractivity contribution in [2.24, 2.45) is 11.8 Å². The smallest absolute Gasteiger partial charge is 0.317 e. The van der Waals surface area contributed by atoms with Crippen LogP contribution in [0.15, 0.2) is 18.5 Å². The van der Waals surface area contributed by atoms with Crippen LogP contribution in [0.2, 0.25) is 0 Å². The molecule has 1 unspecified atom stereocenters. The number of amides is 3. The van der Waals surface area contributed by atoms with Crippen molar-refractivity contribution < 1.29 is 9.59 Å². The number of rotatable bonds is 5. The summed E-state index contributed by atoms with van der Waals surface area (Å²) >= 11 is 0. The summed E-state index contributed by atoms with van der Waals surface area (Å²) < 4.78 is 0. The molecule has 0 saturated carbocycles. The third-order valence-electron chi connectivity index (χ3n) is 4.25. The van der Waals surface area contributed by atoms with E-state index < -0.39 is 0 Å². The average molecular weight is 332 g/mol. The van der Waals surface area contributed by atoms with Crippen LogP contribution in [0.4, 0.5) is 10.5 Å². The van der Waals surface area contributed by atoms with Crippen LogP contribution in [0.3, 0.4) is 0 Å². The molecule has 132 valence electrons. The molecular formula is C18H28N4O2. The highest BCUT2D eigenvalue weighted by molar-refractivity contribution is 5.91. The SMILES string of the molecule is Cc1ccncc1NC(=O)CC1CCCN(C(=O)NCC(C)C)C1. The van der Waals surface area contributed by atoms with Crippen molar-refractivity contribution in [3.05, 3.63) is 24.0 Å². The molecule has 1 atom stereocenters. The number of aryl methyl sites for hydroxylation is 1. The highest BCUT2D eigenvalue weighted by Crippen LogP contribution is 2.21. The minimum atomic E-state index is -0.0167. The maximum absolute atomic E-state index is 12.3. The van der Waals surface area contributed by atoms with Crippen molar-refractivity contribution >= 4 is 17.6 Å². The van der Waals surface area contributed by atoms with Gasteiger partial charge in [-0.25, -0.2) is 4.79 Å². The van der Waals surface area contributed by atoms with Gasteiger partial charge in [0.2, 0.25) is 5.91 Å². The molecule has 3 amide bonds. The summed E-state index contributed by atoms with van der Waals surface area (Å²) in [6, 6.07) is 1.86. The number of anilines is 1. The van der Waals surface area contributed by atoms with E-state index in [1.165, 1.54) is 0 Å². The van der Waals surface area contributed by atoms with Crippen molar-refractivity contribution in [3.63, 3.8) is 0 Å². The first-order valence-corrected chi connectivity index (χ1v) is 8.69. The van der Waals surface area contributed by atoms with E-state index in [0.29, 0.717) is 25.4 Å². The number of likely N-dealkylation sites (tertiary alicyclic amines) is 1. The second-order valence-electron chi connectivity index (χ2n) is 6.98. The predicted octanol–water partition coefficient (Wildman–Crippen LogP) is 2.80. The Balaban J connectivity index is 1.83. The highest BCUT2D eigenvalue weighted by atomic mass is 16.2. The fourth-order valence-corrected chi connectivity index (χ4v) is 2.88. The molecule has 0 aromatic carbocycles. The van der Waals surface area contributed by atoms with Crippen LogP contribution in [0.1, 0.15) is 38.7 Å². The van der Waals surface area contributed by atoms with Crippen molar-refractivity contribution in [1.82, 2.24) is 15.2 Å². The summed E-state index contributed by atoms with van der Waals surface area (Å²) in [6.07, 6.45) is 5.73. The van der Waals surface area contributed by atoms with Gasteiger partial charge < -0.3 is 15.5 Å². The number of carbonyl (C=O) groups is 2. The Hall–Kier alpha value is -2.11. The monoisotopic (exact) mass is 332 g/mol. The maximum Gasteiger partial charge on any atom is 0.317 e. The summed E-state index contributed by atoms with van der Waals surface area (Å²) in [5, 5.41) is 5.87. The van der Waals surface area contributed by atoms with Crippen LogP contribution in [0.5, 0.6) is 0 Å². The van der Waals surface area contributed by atoms with Crippen LogP contribution in [0, 0.1) is 18.8 Å². The van der Waals surface area contributed by atoms with E-state index in [0.717, 1.165) is 30.6 Å². The topological polar surface area (TPSA) is 74.3 Å². The Morgan fingerprint density at radius 1 is 1.42 bits per heavy atom. The van der Waals surface area contributed by atoms with Gasteiger partial charge in [0.15, 0.2) is 0 Å². The molecule has 2 rings (SSSR count). The zero-order valence-electron chi connectivity index (χ0n) is 14.8. The van der Waals surface area contributed by atoms with Gasteiger partial charge in [-0.05, 0) is 43.2 Å². The molecule has 2 heterocycles. The Kier molecular flexibility index (Phi) is 6.58. The number of urea groups is 1. The zero-order chi connectivity index (χ0) is 17.5. The van der Waals surface area contributed by atoms with Crippen molar-refractivity contribution in [2.75, 3.05) is 25.0 Å². The van der Waals surface area contributed by atoms with Crippen LogP contribution in [-0.4, -0.2) is 41.5 Å². The number of nitrogens with zero attached hydrogens (tertiary/aromatic N) is 2. The number of piperidine rings is 1. The number of pyridine rings is 1. The average Bonchev–Trinajstić information content (AvgIpc) is 2.55. The van der Waals surface area contributed by atoms with E-state index in [-0.39, 0.29) is 17.9 Å². The molecule has 0 bridgehead atoms. The third-order valence-corrected chi connectivity index (χ3v) is 4.25. The quantitative estimate of drug-likeness (QED) is 0.871. The van der Waals surface area contributed by atoms with Gasteiger partial charge in [0.1, 0.15) is 0 Å². The van der Waals surface area contributed by atoms with Gasteiger partial charge in [0, 0.05) is 32.3 Å². The molecule has 0 aliphatic carbocycles. The normalized spacial score (nSPS) is 17.7. The van der Waals surface area contributed by atoms with Crippen LogP contribution in [-0.2, 0) is 4.79 Å². The fourth-order valence-electron chi connectivity index (χ4n) is 2.88. The number of carbonyl (C=O) groups excluding carboxylic acids is 2. The van der Waals surface area contributed by atoms with Gasteiger partial charge in [0.25, 0.3) is 0 Å². The highest BCUT2D eigenvalue weighted by Gasteiger charge is 2.25. The van der Waals surface area contributed by atoms with Gasteiger partial charge in [-0.3, -0.25) is 9.78 Å². The lowest BCUT2D eigenvalue weighted by molar-refractivity contribution is -0.117. The molecule has 0 radical (unpaired) electrons. The summed E-state index contributed by atoms with van der Waals surface area (Å²) in [5.74, 6) is 0.629. The van der Waals surface area contributed by atoms with Crippen molar-refractivity contribution in [1.29, 1.82) is 0 Å². The van der Waals surface area contributed by atoms with Crippen LogP contribution in [0.25, 0.3) is 0 Å². The molecule has 2 N–H and O–H groups in total. The van der Waals surface area contributed by atoms with Crippen molar-refractivity contribution in [3.8, 4) is 0 Å². The molecule has 24 heavy (non-hydrogen) atoms. The summed E-state index contributed by atoms with van der Waals surface area (Å²) in [4.78, 5) is 30.3. The van der Waals surface area contributed by atoms with Crippen molar-refractivity contribution in [2.45, 2.75) is 40.0 Å². The van der Waals surface area contributed by atoms with Gasteiger partial charge in [-0.15, -0.1) is 0 Å². The summed E-state index contributed by atoms with van der Waals surface area (Å²) in [5.41, 5.74) is 1.75. The van der Waals surface area contributed by atoms with E-state index in [4.69, 9.17) is 0 Å². The predicted molar refractivity (Wildman–Crippen MR) is 94.8 cm³/mol. The lowest BCUT2D eigenvalue weighted by Gasteiger charge is -2.32. The Labute approximate surface area is 144 Å². The first kappa shape index (κ1) is 18.2. The van der Waals surface area contributed by atoms with Gasteiger partial charge in [-0.1, -0.05) is 13.8 Å². The lowest BCUT2D eigenvalue weighted by atomic mass is 9.94. The Morgan fingerprint density at radius 3 is 2.92 bits per heavy atom. The van der Waals surface area contributed by atoms with Gasteiger partial charge in [0.05, 0.1) is 11.9 Å². The molecule has 0 spiro atoms. The molecule has 1 aliphatic heterocycles. The van der Waals surface area contributed by atoms with E-state index in [1.807, 2.05) is 17.9 Å². The molecule has 1 aromatic heterocycles. The molecule has 1 fully saturated rings. The number of aromatic nitrogens is 1. The zero-order valence-corrected chi connectivity index (χ0v) is 14.8. The number of hydrogen-bond donors (Lipinski definition) is 2. The summed E-state index contributed by atoms with van der Waals surface area (Å²) in [6.45, 7) is 8.18. The fraction of sp³-hybridized carbons (Fsp3) is 0.611. The maximum atomic E-state index is 12.3. The van der Waals surface area contributed by atoms with E-state index in [1.54, 1.807) is 12.4 Å². The molecule has 6 nitrogen and oxygen atoms in total. The van der Waals surface area contributed by atoms with Gasteiger partial charge >= 0.3 is 6.03 Å². The van der Waals surface area contributed by atoms with E-state index >= 15 is 0 Å². The Morgan fingerprint density at radius 2 is 2.21 bits per heavy atom. The minimum Gasteiger partial charge on any atom is -0.338 e. The van der Waals surface area contributed by atoms with Crippen LogP contribution < -0.4 is 10.6 Å². The largest absolute Gasteiger partial charge is 0.338 e. The first-order chi connectivity index (χ1) is 11.5. The second-order valence-corrected chi connectivity index (χ2v) is 6.98. The molecular weight excluding hydrogens is 304 g/mol. The third kappa shape index (κ3) is 5.51. The second kappa shape index (κ2) is 8.66. The summed E-state index contributed by atoms with van der Waals surface area (Å²) in [7, 11) is 0. The van der Waals surface area contributed by atoms with E-state index in [9.17, 15) is 9.59 Å². The minimum absolute atomic E-state index is 0.0134. The van der Waals surface area contributed by atoms with E-state index in [2.05, 4.69) is 29.5 Å². The van der Waals surface area contributed by atoms with Crippen LogP contribution >= 0.6 is 0 Å². The first-order valence-electron chi connectivity index (χ1n) is 8.69.